The Hall–Kier alpha value is -4.63. The van der Waals surface area contributed by atoms with Gasteiger partial charge < -0.3 is 20.9 Å². The monoisotopic (exact) mass is 611 g/mol. The van der Waals surface area contributed by atoms with Gasteiger partial charge in [0.15, 0.2) is 5.82 Å². The summed E-state index contributed by atoms with van der Waals surface area (Å²) in [6.07, 6.45) is 3.23. The lowest BCUT2D eigenvalue weighted by atomic mass is 9.64. The van der Waals surface area contributed by atoms with Crippen molar-refractivity contribution in [3.8, 4) is 6.07 Å². The van der Waals surface area contributed by atoms with Crippen molar-refractivity contribution < 1.29 is 14.4 Å². The van der Waals surface area contributed by atoms with Crippen molar-refractivity contribution in [3.63, 3.8) is 0 Å². The van der Waals surface area contributed by atoms with E-state index in [2.05, 4.69) is 63.4 Å². The van der Waals surface area contributed by atoms with Crippen LogP contribution in [0.2, 0.25) is 0 Å². The molecule has 1 saturated heterocycles. The third kappa shape index (κ3) is 6.04. The SMILES string of the molecule is CNC(=O)c1ccc2c(c1)CCc1cc(C(=O)NC)ccc1C2(C[C@H](NCC(=O)N1CCCC1C#N)C(C)(C)C)c1nnn[nH]1. The van der Waals surface area contributed by atoms with Crippen LogP contribution in [-0.4, -0.2) is 82.5 Å². The van der Waals surface area contributed by atoms with E-state index in [0.29, 0.717) is 49.2 Å². The van der Waals surface area contributed by atoms with Crippen LogP contribution in [0.25, 0.3) is 0 Å². The summed E-state index contributed by atoms with van der Waals surface area (Å²) in [4.78, 5) is 40.4. The van der Waals surface area contributed by atoms with Gasteiger partial charge in [-0.1, -0.05) is 32.9 Å². The lowest BCUT2D eigenvalue weighted by Crippen LogP contribution is -2.51. The van der Waals surface area contributed by atoms with Crippen LogP contribution in [0.15, 0.2) is 36.4 Å². The normalized spacial score (nSPS) is 17.8. The van der Waals surface area contributed by atoms with Crippen LogP contribution in [-0.2, 0) is 23.1 Å². The van der Waals surface area contributed by atoms with Crippen LogP contribution < -0.4 is 16.0 Å². The molecule has 12 heteroatoms. The second kappa shape index (κ2) is 12.8. The molecule has 1 fully saturated rings. The molecule has 0 bridgehead atoms. The Morgan fingerprint density at radius 2 is 1.64 bits per heavy atom. The number of amides is 3. The standard InChI is InChI=1S/C33H41N9O3/c1-32(2,3)27(37-19-28(43)42-14-6-7-24(42)18-34)17-33(31-38-40-41-39-31)25-12-10-22(29(44)35-4)15-20(25)8-9-21-16-23(30(45)36-5)11-13-26(21)33/h10-13,15-16,24,27,37H,6-9,14,17,19H2,1-5H3,(H,35,44)(H,36,45)(H,38,39,40,41)/t24?,27-/m0/s1. The Morgan fingerprint density at radius 1 is 1.04 bits per heavy atom. The fourth-order valence-corrected chi connectivity index (χ4v) is 6.83. The number of nitrogens with zero attached hydrogens (tertiary/aromatic N) is 5. The number of H-pyrrole nitrogens is 1. The average molecular weight is 612 g/mol. The number of aromatic amines is 1. The number of benzene rings is 2. The summed E-state index contributed by atoms with van der Waals surface area (Å²) in [5, 5.41) is 34.1. The Kier molecular flexibility index (Phi) is 9.02. The molecule has 12 nitrogen and oxygen atoms in total. The van der Waals surface area contributed by atoms with Crippen LogP contribution in [0.1, 0.15) is 88.8 Å². The Bertz CT molecular complexity index is 1550. The van der Waals surface area contributed by atoms with E-state index in [1.54, 1.807) is 19.0 Å². The molecule has 0 saturated carbocycles. The van der Waals surface area contributed by atoms with Gasteiger partial charge in [0.1, 0.15) is 6.04 Å². The number of hydrogen-bond donors (Lipinski definition) is 4. The minimum absolute atomic E-state index is 0.0792. The van der Waals surface area contributed by atoms with Gasteiger partial charge >= 0.3 is 0 Å². The minimum Gasteiger partial charge on any atom is -0.355 e. The van der Waals surface area contributed by atoms with Gasteiger partial charge in [0.05, 0.1) is 18.0 Å². The molecular weight excluding hydrogens is 570 g/mol. The van der Waals surface area contributed by atoms with E-state index in [1.807, 2.05) is 36.4 Å². The van der Waals surface area contributed by atoms with E-state index < -0.39 is 11.5 Å². The molecule has 4 N–H and O–H groups in total. The highest BCUT2D eigenvalue weighted by atomic mass is 16.2. The molecular formula is C33H41N9O3. The second-order valence-electron chi connectivity index (χ2n) is 12.9. The molecule has 5 rings (SSSR count). The first-order valence-corrected chi connectivity index (χ1v) is 15.4. The number of aryl methyl sites for hydroxylation is 2. The number of aromatic nitrogens is 4. The Labute approximate surface area is 263 Å². The molecule has 2 aliphatic rings. The summed E-state index contributed by atoms with van der Waals surface area (Å²) in [5.74, 6) is 0.0620. The minimum atomic E-state index is -0.927. The molecule has 1 unspecified atom stereocenters. The van der Waals surface area contributed by atoms with Crippen molar-refractivity contribution in [3.05, 3.63) is 75.6 Å². The van der Waals surface area contributed by atoms with Gasteiger partial charge in [0.2, 0.25) is 5.91 Å². The van der Waals surface area contributed by atoms with Crippen molar-refractivity contribution in [2.24, 2.45) is 5.41 Å². The first kappa shape index (κ1) is 31.8. The van der Waals surface area contributed by atoms with Crippen LogP contribution in [0.5, 0.6) is 0 Å². The number of likely N-dealkylation sites (tertiary alicyclic amines) is 1. The van der Waals surface area contributed by atoms with E-state index in [9.17, 15) is 19.6 Å². The fourth-order valence-electron chi connectivity index (χ4n) is 6.83. The zero-order valence-electron chi connectivity index (χ0n) is 26.5. The number of carbonyl (C=O) groups excluding carboxylic acids is 3. The highest BCUT2D eigenvalue weighted by molar-refractivity contribution is 5.95. The molecule has 3 amide bonds. The van der Waals surface area contributed by atoms with E-state index in [-0.39, 0.29) is 35.7 Å². The Balaban J connectivity index is 1.67. The van der Waals surface area contributed by atoms with Gasteiger partial charge in [-0.3, -0.25) is 14.4 Å². The number of nitriles is 1. The maximum Gasteiger partial charge on any atom is 0.251 e. The first-order chi connectivity index (χ1) is 21.5. The van der Waals surface area contributed by atoms with Crippen molar-refractivity contribution >= 4 is 17.7 Å². The fraction of sp³-hybridized carbons (Fsp3) is 0.485. The van der Waals surface area contributed by atoms with E-state index >= 15 is 0 Å². The summed E-state index contributed by atoms with van der Waals surface area (Å²) in [5.41, 5.74) is 3.70. The molecule has 1 aliphatic heterocycles. The third-order valence-electron chi connectivity index (χ3n) is 9.30. The van der Waals surface area contributed by atoms with Crippen molar-refractivity contribution in [1.82, 2.24) is 41.5 Å². The van der Waals surface area contributed by atoms with Gasteiger partial charge in [0.25, 0.3) is 11.8 Å². The maximum atomic E-state index is 13.4. The van der Waals surface area contributed by atoms with E-state index in [0.717, 1.165) is 28.7 Å². The number of tetrazole rings is 1. The number of rotatable bonds is 8. The summed E-state index contributed by atoms with van der Waals surface area (Å²) < 4.78 is 0. The molecule has 2 atom stereocenters. The highest BCUT2D eigenvalue weighted by Gasteiger charge is 2.47. The number of carbonyl (C=O) groups is 3. The van der Waals surface area contributed by atoms with Crippen molar-refractivity contribution in [2.75, 3.05) is 27.2 Å². The van der Waals surface area contributed by atoms with Crippen LogP contribution in [0.3, 0.4) is 0 Å². The summed E-state index contributed by atoms with van der Waals surface area (Å²) >= 11 is 0. The summed E-state index contributed by atoms with van der Waals surface area (Å²) in [6.45, 7) is 7.02. The Morgan fingerprint density at radius 3 is 2.13 bits per heavy atom. The molecule has 45 heavy (non-hydrogen) atoms. The number of nitrogens with one attached hydrogen (secondary N) is 4. The lowest BCUT2D eigenvalue weighted by molar-refractivity contribution is -0.130. The quantitative estimate of drug-likeness (QED) is 0.301. The molecule has 2 heterocycles. The molecule has 1 aromatic heterocycles. The van der Waals surface area contributed by atoms with Crippen molar-refractivity contribution in [2.45, 2.75) is 70.4 Å². The highest BCUT2D eigenvalue weighted by Crippen LogP contribution is 2.48. The van der Waals surface area contributed by atoms with Gasteiger partial charge in [-0.25, -0.2) is 5.10 Å². The molecule has 3 aromatic rings. The van der Waals surface area contributed by atoms with Gasteiger partial charge in [-0.15, -0.1) is 5.10 Å². The molecule has 236 valence electrons. The summed E-state index contributed by atoms with van der Waals surface area (Å²) in [7, 11) is 3.22. The third-order valence-corrected chi connectivity index (χ3v) is 9.30. The van der Waals surface area contributed by atoms with Crippen molar-refractivity contribution in [1.29, 1.82) is 5.26 Å². The van der Waals surface area contributed by atoms with E-state index in [1.165, 1.54) is 0 Å². The largest absolute Gasteiger partial charge is 0.355 e. The summed E-state index contributed by atoms with van der Waals surface area (Å²) in [6, 6.07) is 13.1. The predicted octanol–water partition coefficient (Wildman–Crippen LogP) is 2.26. The second-order valence-corrected chi connectivity index (χ2v) is 12.9. The smallest absolute Gasteiger partial charge is 0.251 e. The lowest BCUT2D eigenvalue weighted by Gasteiger charge is -2.42. The van der Waals surface area contributed by atoms with Gasteiger partial charge in [-0.05, 0) is 94.5 Å². The molecule has 1 aliphatic carbocycles. The maximum absolute atomic E-state index is 13.4. The first-order valence-electron chi connectivity index (χ1n) is 15.4. The topological polar surface area (TPSA) is 169 Å². The van der Waals surface area contributed by atoms with Gasteiger partial charge in [-0.2, -0.15) is 5.26 Å². The van der Waals surface area contributed by atoms with Gasteiger partial charge in [0, 0.05) is 37.8 Å². The molecule has 0 spiro atoms. The zero-order valence-corrected chi connectivity index (χ0v) is 26.5. The average Bonchev–Trinajstić information content (AvgIpc) is 3.74. The zero-order chi connectivity index (χ0) is 32.4. The molecule has 0 radical (unpaired) electrons. The molecule has 2 aromatic carbocycles. The number of hydrogen-bond acceptors (Lipinski definition) is 8. The number of fused-ring (bicyclic) bond motifs is 2. The van der Waals surface area contributed by atoms with Crippen LogP contribution in [0.4, 0.5) is 0 Å². The van der Waals surface area contributed by atoms with Crippen LogP contribution >= 0.6 is 0 Å². The van der Waals surface area contributed by atoms with Crippen LogP contribution in [0, 0.1) is 16.7 Å². The predicted molar refractivity (Wildman–Crippen MR) is 167 cm³/mol. The van der Waals surface area contributed by atoms with E-state index in [4.69, 9.17) is 0 Å².